The van der Waals surface area contributed by atoms with Crippen LogP contribution in [-0.4, -0.2) is 38.6 Å². The van der Waals surface area contributed by atoms with E-state index in [1.807, 2.05) is 49.6 Å². The van der Waals surface area contributed by atoms with Gasteiger partial charge in [0.05, 0.1) is 24.1 Å². The van der Waals surface area contributed by atoms with Gasteiger partial charge in [-0.05, 0) is 51.3 Å². The normalized spacial score (nSPS) is 17.4. The van der Waals surface area contributed by atoms with Gasteiger partial charge < -0.3 is 19.5 Å². The first kappa shape index (κ1) is 19.9. The third-order valence-corrected chi connectivity index (χ3v) is 5.74. The maximum absolute atomic E-state index is 13.1. The molecule has 1 aromatic heterocycles. The number of ether oxygens (including phenoxy) is 1. The molecule has 0 spiro atoms. The lowest BCUT2D eigenvalue weighted by molar-refractivity contribution is 0.0197. The molecule has 0 atom stereocenters. The second-order valence-corrected chi connectivity index (χ2v) is 9.60. The van der Waals surface area contributed by atoms with Crippen LogP contribution in [0, 0.1) is 0 Å². The van der Waals surface area contributed by atoms with E-state index in [1.165, 1.54) is 0 Å². The highest BCUT2D eigenvalue weighted by atomic mass is 79.9. The van der Waals surface area contributed by atoms with Gasteiger partial charge in [0.25, 0.3) is 5.91 Å². The van der Waals surface area contributed by atoms with Crippen LogP contribution >= 0.6 is 15.9 Å². The molecule has 0 saturated heterocycles. The van der Waals surface area contributed by atoms with Crippen LogP contribution in [0.25, 0.3) is 0 Å². The molecule has 1 aliphatic carbocycles. The first-order chi connectivity index (χ1) is 13.7. The number of carbonyl (C=O) groups is 2. The molecule has 2 heterocycles. The number of rotatable bonds is 3. The number of nitrogens with zero attached hydrogens (tertiary/aromatic N) is 3. The van der Waals surface area contributed by atoms with Crippen LogP contribution in [0.3, 0.4) is 0 Å². The predicted octanol–water partition coefficient (Wildman–Crippen LogP) is 3.82. The number of halogens is 1. The van der Waals surface area contributed by atoms with E-state index in [2.05, 4.69) is 26.2 Å². The molecule has 8 heteroatoms. The van der Waals surface area contributed by atoms with Crippen LogP contribution in [0.4, 0.5) is 4.79 Å². The Bertz CT molecular complexity index is 959. The standard InChI is InChI=1S/C21H25BrN4O3/c1-20(2,3)29-19(28)25-9-10-26-13-23-17(16(26)12-25)18(27)24-21(7-8-21)14-5-4-6-15(22)11-14/h4-6,11,13H,7-10,12H2,1-3H3,(H,24,27). The minimum absolute atomic E-state index is 0.206. The fraction of sp³-hybridized carbons (Fsp3) is 0.476. The van der Waals surface area contributed by atoms with Crippen molar-refractivity contribution in [2.24, 2.45) is 0 Å². The Morgan fingerprint density at radius 2 is 2.00 bits per heavy atom. The predicted molar refractivity (Wildman–Crippen MR) is 111 cm³/mol. The number of hydrogen-bond acceptors (Lipinski definition) is 4. The molecule has 2 aromatic rings. The van der Waals surface area contributed by atoms with Crippen molar-refractivity contribution >= 4 is 27.9 Å². The summed E-state index contributed by atoms with van der Waals surface area (Å²) in [4.78, 5) is 31.5. The maximum atomic E-state index is 13.1. The van der Waals surface area contributed by atoms with Gasteiger partial charge in [0, 0.05) is 17.6 Å². The number of benzene rings is 1. The van der Waals surface area contributed by atoms with Crippen LogP contribution in [0.2, 0.25) is 0 Å². The van der Waals surface area contributed by atoms with Crippen molar-refractivity contribution < 1.29 is 14.3 Å². The van der Waals surface area contributed by atoms with Crippen molar-refractivity contribution in [1.82, 2.24) is 19.8 Å². The van der Waals surface area contributed by atoms with E-state index in [0.29, 0.717) is 25.3 Å². The van der Waals surface area contributed by atoms with E-state index in [-0.39, 0.29) is 17.5 Å². The van der Waals surface area contributed by atoms with Crippen LogP contribution in [-0.2, 0) is 23.4 Å². The lowest BCUT2D eigenvalue weighted by atomic mass is 10.0. The van der Waals surface area contributed by atoms with Gasteiger partial charge in [-0.1, -0.05) is 28.1 Å². The largest absolute Gasteiger partial charge is 0.444 e. The number of amides is 2. The monoisotopic (exact) mass is 460 g/mol. The Kier molecular flexibility index (Phi) is 4.93. The molecule has 154 valence electrons. The second-order valence-electron chi connectivity index (χ2n) is 8.68. The Balaban J connectivity index is 1.51. The number of nitrogens with one attached hydrogen (secondary N) is 1. The topological polar surface area (TPSA) is 76.5 Å². The van der Waals surface area contributed by atoms with Gasteiger partial charge in [-0.2, -0.15) is 0 Å². The molecule has 1 fully saturated rings. The van der Waals surface area contributed by atoms with Gasteiger partial charge in [0.2, 0.25) is 0 Å². The van der Waals surface area contributed by atoms with Gasteiger partial charge in [0.1, 0.15) is 5.60 Å². The molecule has 1 N–H and O–H groups in total. The fourth-order valence-corrected chi connectivity index (χ4v) is 4.00. The van der Waals surface area contributed by atoms with Crippen LogP contribution in [0.1, 0.15) is 55.4 Å². The first-order valence-electron chi connectivity index (χ1n) is 9.77. The smallest absolute Gasteiger partial charge is 0.410 e. The van der Waals surface area contributed by atoms with E-state index >= 15 is 0 Å². The van der Waals surface area contributed by atoms with E-state index in [4.69, 9.17) is 4.74 Å². The molecule has 2 aliphatic rings. The van der Waals surface area contributed by atoms with Crippen molar-refractivity contribution in [3.8, 4) is 0 Å². The zero-order chi connectivity index (χ0) is 20.8. The summed E-state index contributed by atoms with van der Waals surface area (Å²) in [5.74, 6) is -0.206. The van der Waals surface area contributed by atoms with Crippen molar-refractivity contribution in [3.63, 3.8) is 0 Å². The lowest BCUT2D eigenvalue weighted by Gasteiger charge is -2.31. The molecule has 29 heavy (non-hydrogen) atoms. The summed E-state index contributed by atoms with van der Waals surface area (Å²) in [6, 6.07) is 8.02. The number of aromatic nitrogens is 2. The zero-order valence-electron chi connectivity index (χ0n) is 16.9. The maximum Gasteiger partial charge on any atom is 0.410 e. The molecule has 1 saturated carbocycles. The zero-order valence-corrected chi connectivity index (χ0v) is 18.5. The average molecular weight is 461 g/mol. The highest BCUT2D eigenvalue weighted by Crippen LogP contribution is 2.46. The highest BCUT2D eigenvalue weighted by Gasteiger charge is 2.46. The molecular formula is C21H25BrN4O3. The molecule has 0 unspecified atom stereocenters. The van der Waals surface area contributed by atoms with Crippen molar-refractivity contribution in [2.45, 2.75) is 57.8 Å². The SMILES string of the molecule is CC(C)(C)OC(=O)N1CCn2cnc(C(=O)NC3(c4cccc(Br)c4)CC3)c2C1. The summed E-state index contributed by atoms with van der Waals surface area (Å²) in [6.07, 6.45) is 3.10. The van der Waals surface area contributed by atoms with Crippen LogP contribution in [0.15, 0.2) is 35.1 Å². The van der Waals surface area contributed by atoms with E-state index in [0.717, 1.165) is 28.6 Å². The van der Waals surface area contributed by atoms with Gasteiger partial charge in [-0.15, -0.1) is 0 Å². The Labute approximate surface area is 178 Å². The van der Waals surface area contributed by atoms with E-state index in [1.54, 1.807) is 11.2 Å². The molecule has 0 bridgehead atoms. The number of imidazole rings is 1. The molecule has 0 radical (unpaired) electrons. The summed E-state index contributed by atoms with van der Waals surface area (Å²) < 4.78 is 8.41. The molecule has 1 aliphatic heterocycles. The number of fused-ring (bicyclic) bond motifs is 1. The molecular weight excluding hydrogens is 436 g/mol. The Morgan fingerprint density at radius 1 is 1.24 bits per heavy atom. The third kappa shape index (κ3) is 4.17. The lowest BCUT2D eigenvalue weighted by Crippen LogP contribution is -2.42. The van der Waals surface area contributed by atoms with Crippen molar-refractivity contribution in [2.75, 3.05) is 6.54 Å². The van der Waals surface area contributed by atoms with Gasteiger partial charge in [-0.3, -0.25) is 4.79 Å². The first-order valence-corrected chi connectivity index (χ1v) is 10.6. The molecule has 7 nitrogen and oxygen atoms in total. The fourth-order valence-electron chi connectivity index (χ4n) is 3.60. The Hall–Kier alpha value is -2.35. The van der Waals surface area contributed by atoms with Crippen molar-refractivity contribution in [1.29, 1.82) is 0 Å². The molecule has 2 amide bonds. The highest BCUT2D eigenvalue weighted by molar-refractivity contribution is 9.10. The quantitative estimate of drug-likeness (QED) is 0.754. The average Bonchev–Trinajstić information content (AvgIpc) is 3.29. The van der Waals surface area contributed by atoms with Gasteiger partial charge >= 0.3 is 6.09 Å². The van der Waals surface area contributed by atoms with E-state index < -0.39 is 5.60 Å². The van der Waals surface area contributed by atoms with Gasteiger partial charge in [-0.25, -0.2) is 9.78 Å². The summed E-state index contributed by atoms with van der Waals surface area (Å²) >= 11 is 3.50. The van der Waals surface area contributed by atoms with Gasteiger partial charge in [0.15, 0.2) is 5.69 Å². The second kappa shape index (κ2) is 7.16. The minimum atomic E-state index is -0.558. The molecule has 1 aromatic carbocycles. The molecule has 4 rings (SSSR count). The van der Waals surface area contributed by atoms with Crippen LogP contribution < -0.4 is 5.32 Å². The summed E-state index contributed by atoms with van der Waals surface area (Å²) in [7, 11) is 0. The number of hydrogen-bond donors (Lipinski definition) is 1. The van der Waals surface area contributed by atoms with E-state index in [9.17, 15) is 9.59 Å². The minimum Gasteiger partial charge on any atom is -0.444 e. The summed E-state index contributed by atoms with van der Waals surface area (Å²) in [5, 5.41) is 3.18. The third-order valence-electron chi connectivity index (χ3n) is 5.24. The van der Waals surface area contributed by atoms with Crippen molar-refractivity contribution in [3.05, 3.63) is 52.0 Å². The summed E-state index contributed by atoms with van der Waals surface area (Å²) in [5.41, 5.74) is 1.31. The number of carbonyl (C=O) groups excluding carboxylic acids is 2. The van der Waals surface area contributed by atoms with Crippen LogP contribution in [0.5, 0.6) is 0 Å². The summed E-state index contributed by atoms with van der Waals surface area (Å²) in [6.45, 7) is 6.95. The Morgan fingerprint density at radius 3 is 2.66 bits per heavy atom.